The normalized spacial score (nSPS) is 14.9. The van der Waals surface area contributed by atoms with Crippen LogP contribution in [0.4, 0.5) is 16.2 Å². The van der Waals surface area contributed by atoms with Crippen LogP contribution >= 0.6 is 15.9 Å². The van der Waals surface area contributed by atoms with E-state index in [2.05, 4.69) is 26.6 Å². The van der Waals surface area contributed by atoms with E-state index in [0.717, 1.165) is 9.37 Å². The second kappa shape index (κ2) is 8.01. The van der Waals surface area contributed by atoms with Crippen molar-refractivity contribution in [1.29, 1.82) is 0 Å². The standard InChI is InChI=1S/C18H13BrN4O5/c19-12-3-1-2-11(8-12)9-15-17(25)22(18(26)21-15)10-16(24)20-13-4-6-14(7-5-13)23(27)28/h1-9H,10H2,(H,20,24)(H,21,26)/b15-9-. The molecule has 0 spiro atoms. The number of hydrogen-bond acceptors (Lipinski definition) is 5. The number of imide groups is 1. The molecule has 2 aromatic carbocycles. The van der Waals surface area contributed by atoms with Crippen molar-refractivity contribution in [3.05, 3.63) is 74.4 Å². The van der Waals surface area contributed by atoms with Crippen molar-refractivity contribution in [1.82, 2.24) is 10.2 Å². The molecule has 1 aliphatic heterocycles. The van der Waals surface area contributed by atoms with Gasteiger partial charge in [-0.25, -0.2) is 9.69 Å². The number of urea groups is 1. The van der Waals surface area contributed by atoms with Gasteiger partial charge >= 0.3 is 6.03 Å². The summed E-state index contributed by atoms with van der Waals surface area (Å²) in [5, 5.41) is 15.6. The molecular formula is C18H13BrN4O5. The highest BCUT2D eigenvalue weighted by Crippen LogP contribution is 2.18. The Balaban J connectivity index is 1.66. The third-order valence-electron chi connectivity index (χ3n) is 3.79. The lowest BCUT2D eigenvalue weighted by molar-refractivity contribution is -0.384. The number of non-ortho nitro benzene ring substituents is 1. The van der Waals surface area contributed by atoms with Crippen LogP contribution in [-0.2, 0) is 9.59 Å². The van der Waals surface area contributed by atoms with Crippen LogP contribution in [0.3, 0.4) is 0 Å². The topological polar surface area (TPSA) is 122 Å². The van der Waals surface area contributed by atoms with Crippen LogP contribution in [0.1, 0.15) is 5.56 Å². The van der Waals surface area contributed by atoms with E-state index in [-0.39, 0.29) is 11.4 Å². The van der Waals surface area contributed by atoms with E-state index in [1.165, 1.54) is 30.3 Å². The fourth-order valence-electron chi connectivity index (χ4n) is 2.49. The lowest BCUT2D eigenvalue weighted by atomic mass is 10.2. The van der Waals surface area contributed by atoms with Crippen molar-refractivity contribution in [2.75, 3.05) is 11.9 Å². The lowest BCUT2D eigenvalue weighted by Gasteiger charge is -2.11. The van der Waals surface area contributed by atoms with Crippen molar-refractivity contribution in [2.24, 2.45) is 0 Å². The van der Waals surface area contributed by atoms with Gasteiger partial charge < -0.3 is 10.6 Å². The van der Waals surface area contributed by atoms with Crippen LogP contribution in [-0.4, -0.2) is 34.2 Å². The number of carbonyl (C=O) groups is 3. The van der Waals surface area contributed by atoms with Crippen molar-refractivity contribution >= 4 is 51.2 Å². The zero-order chi connectivity index (χ0) is 20.3. The number of benzene rings is 2. The lowest BCUT2D eigenvalue weighted by Crippen LogP contribution is -2.38. The number of carbonyl (C=O) groups excluding carboxylic acids is 3. The van der Waals surface area contributed by atoms with Gasteiger partial charge in [0, 0.05) is 22.3 Å². The van der Waals surface area contributed by atoms with Gasteiger partial charge in [0.25, 0.3) is 11.6 Å². The van der Waals surface area contributed by atoms with E-state index in [4.69, 9.17) is 0 Å². The minimum atomic E-state index is -0.704. The maximum atomic E-state index is 12.4. The first-order chi connectivity index (χ1) is 13.3. The molecule has 9 nitrogen and oxygen atoms in total. The zero-order valence-corrected chi connectivity index (χ0v) is 15.8. The molecule has 4 amide bonds. The Kier molecular flexibility index (Phi) is 5.50. The van der Waals surface area contributed by atoms with Gasteiger partial charge in [-0.15, -0.1) is 0 Å². The van der Waals surface area contributed by atoms with E-state index in [1.54, 1.807) is 18.2 Å². The molecule has 0 bridgehead atoms. The van der Waals surface area contributed by atoms with E-state index < -0.39 is 29.3 Å². The molecule has 2 N–H and O–H groups in total. The molecule has 0 unspecified atom stereocenters. The Labute approximate surface area is 167 Å². The van der Waals surface area contributed by atoms with E-state index in [0.29, 0.717) is 11.3 Å². The molecule has 10 heteroatoms. The van der Waals surface area contributed by atoms with E-state index in [1.807, 2.05) is 6.07 Å². The fraction of sp³-hybridized carbons (Fsp3) is 0.0556. The van der Waals surface area contributed by atoms with Crippen LogP contribution in [0.15, 0.2) is 58.7 Å². The van der Waals surface area contributed by atoms with Crippen LogP contribution in [0, 0.1) is 10.1 Å². The summed E-state index contributed by atoms with van der Waals surface area (Å²) in [4.78, 5) is 47.5. The number of nitro benzene ring substituents is 1. The molecule has 28 heavy (non-hydrogen) atoms. The van der Waals surface area contributed by atoms with Gasteiger partial charge in [0.1, 0.15) is 12.2 Å². The fourth-order valence-corrected chi connectivity index (χ4v) is 2.91. The summed E-state index contributed by atoms with van der Waals surface area (Å²) in [6.07, 6.45) is 1.51. The Morgan fingerprint density at radius 1 is 1.21 bits per heavy atom. The molecule has 3 rings (SSSR count). The highest BCUT2D eigenvalue weighted by molar-refractivity contribution is 9.10. The first kappa shape index (κ1) is 19.2. The first-order valence-electron chi connectivity index (χ1n) is 7.98. The molecule has 0 aromatic heterocycles. The molecule has 1 fully saturated rings. The smallest absolute Gasteiger partial charge is 0.325 e. The SMILES string of the molecule is O=C(CN1C(=O)N/C(=C\c2cccc(Br)c2)C1=O)Nc1ccc([N+](=O)[O-])cc1. The number of hydrogen-bond donors (Lipinski definition) is 2. The van der Waals surface area contributed by atoms with Crippen LogP contribution in [0.2, 0.25) is 0 Å². The predicted molar refractivity (Wildman–Crippen MR) is 104 cm³/mol. The summed E-state index contributed by atoms with van der Waals surface area (Å²) in [6.45, 7) is -0.489. The third-order valence-corrected chi connectivity index (χ3v) is 4.28. The molecule has 1 aliphatic rings. The van der Waals surface area contributed by atoms with Crippen molar-refractivity contribution in [3.63, 3.8) is 0 Å². The molecule has 2 aromatic rings. The van der Waals surface area contributed by atoms with Crippen molar-refractivity contribution < 1.29 is 19.3 Å². The molecule has 0 saturated carbocycles. The predicted octanol–water partition coefficient (Wildman–Crippen LogP) is 2.89. The van der Waals surface area contributed by atoms with Gasteiger partial charge in [-0.1, -0.05) is 28.1 Å². The number of rotatable bonds is 5. The average Bonchev–Trinajstić information content (AvgIpc) is 2.89. The van der Waals surface area contributed by atoms with Crippen molar-refractivity contribution in [3.8, 4) is 0 Å². The van der Waals surface area contributed by atoms with Gasteiger partial charge in [0.15, 0.2) is 0 Å². The second-order valence-electron chi connectivity index (χ2n) is 5.79. The molecule has 142 valence electrons. The van der Waals surface area contributed by atoms with Crippen molar-refractivity contribution in [2.45, 2.75) is 0 Å². The molecular weight excluding hydrogens is 432 g/mol. The molecule has 1 saturated heterocycles. The number of nitro groups is 1. The monoisotopic (exact) mass is 444 g/mol. The Morgan fingerprint density at radius 2 is 1.93 bits per heavy atom. The largest absolute Gasteiger partial charge is 0.329 e. The van der Waals surface area contributed by atoms with E-state index in [9.17, 15) is 24.5 Å². The summed E-state index contributed by atoms with van der Waals surface area (Å²) < 4.78 is 0.818. The number of nitrogens with zero attached hydrogens (tertiary/aromatic N) is 2. The molecule has 0 atom stereocenters. The van der Waals surface area contributed by atoms with Gasteiger partial charge in [-0.2, -0.15) is 0 Å². The van der Waals surface area contributed by atoms with Gasteiger partial charge in [-0.05, 0) is 35.9 Å². The molecule has 0 aliphatic carbocycles. The Bertz CT molecular complexity index is 1000. The Morgan fingerprint density at radius 3 is 2.57 bits per heavy atom. The summed E-state index contributed by atoms with van der Waals surface area (Å²) in [5.41, 5.74) is 0.962. The van der Waals surface area contributed by atoms with Gasteiger partial charge in [0.2, 0.25) is 5.91 Å². The van der Waals surface area contributed by atoms with Crippen LogP contribution < -0.4 is 10.6 Å². The number of anilines is 1. The number of halogens is 1. The summed E-state index contributed by atoms with van der Waals surface area (Å²) >= 11 is 3.32. The molecule has 1 heterocycles. The third kappa shape index (κ3) is 4.41. The Hall–Kier alpha value is -3.53. The molecule has 0 radical (unpaired) electrons. The summed E-state index contributed by atoms with van der Waals surface area (Å²) in [6, 6.07) is 11.6. The summed E-state index contributed by atoms with van der Waals surface area (Å²) in [7, 11) is 0. The highest BCUT2D eigenvalue weighted by Gasteiger charge is 2.34. The van der Waals surface area contributed by atoms with Crippen LogP contribution in [0.5, 0.6) is 0 Å². The van der Waals surface area contributed by atoms with Crippen LogP contribution in [0.25, 0.3) is 6.08 Å². The highest BCUT2D eigenvalue weighted by atomic mass is 79.9. The minimum absolute atomic E-state index is 0.0613. The second-order valence-corrected chi connectivity index (χ2v) is 6.70. The number of nitrogens with one attached hydrogen (secondary N) is 2. The first-order valence-corrected chi connectivity index (χ1v) is 8.77. The maximum Gasteiger partial charge on any atom is 0.329 e. The average molecular weight is 445 g/mol. The quantitative estimate of drug-likeness (QED) is 0.317. The maximum absolute atomic E-state index is 12.4. The van der Waals surface area contributed by atoms with E-state index >= 15 is 0 Å². The zero-order valence-electron chi connectivity index (χ0n) is 14.2. The summed E-state index contributed by atoms with van der Waals surface area (Å²) in [5.74, 6) is -1.23. The van der Waals surface area contributed by atoms with Gasteiger partial charge in [0.05, 0.1) is 4.92 Å². The van der Waals surface area contributed by atoms with Gasteiger partial charge in [-0.3, -0.25) is 19.7 Å². The number of amides is 4. The minimum Gasteiger partial charge on any atom is -0.325 e.